The van der Waals surface area contributed by atoms with E-state index in [1.54, 1.807) is 0 Å². The molecule has 2 rings (SSSR count). The largest absolute Gasteiger partial charge is 0.389 e. The maximum absolute atomic E-state index is 9.76. The summed E-state index contributed by atoms with van der Waals surface area (Å²) < 4.78 is 5.49. The second kappa shape index (κ2) is 4.78. The Balaban J connectivity index is 1.77. The molecule has 0 unspecified atom stereocenters. The molecular formula is C11H22N2O2. The van der Waals surface area contributed by atoms with Crippen molar-refractivity contribution in [2.24, 2.45) is 11.7 Å². The lowest BCUT2D eigenvalue weighted by molar-refractivity contribution is 0.00921. The predicted molar refractivity (Wildman–Crippen MR) is 58.6 cm³/mol. The first kappa shape index (κ1) is 11.3. The summed E-state index contributed by atoms with van der Waals surface area (Å²) in [7, 11) is 0. The van der Waals surface area contributed by atoms with E-state index in [1.165, 1.54) is 12.8 Å². The van der Waals surface area contributed by atoms with Crippen molar-refractivity contribution in [3.8, 4) is 0 Å². The van der Waals surface area contributed by atoms with E-state index in [4.69, 9.17) is 10.5 Å². The molecule has 0 aromatic heterocycles. The Kier molecular flexibility index (Phi) is 3.61. The number of rotatable bonds is 2. The van der Waals surface area contributed by atoms with E-state index in [9.17, 15) is 5.11 Å². The number of aliphatic hydroxyl groups excluding tert-OH is 1. The molecule has 88 valence electrons. The van der Waals surface area contributed by atoms with Crippen molar-refractivity contribution in [1.82, 2.24) is 4.90 Å². The third kappa shape index (κ3) is 2.69. The molecular weight excluding hydrogens is 192 g/mol. The minimum absolute atomic E-state index is 0.0755. The average molecular weight is 214 g/mol. The van der Waals surface area contributed by atoms with Crippen molar-refractivity contribution in [3.05, 3.63) is 0 Å². The van der Waals surface area contributed by atoms with Crippen LogP contribution in [0.5, 0.6) is 0 Å². The molecule has 0 spiro atoms. The number of hydrogen-bond donors (Lipinski definition) is 2. The number of ether oxygens (including phenoxy) is 1. The maximum atomic E-state index is 9.76. The molecule has 3 N–H and O–H groups in total. The van der Waals surface area contributed by atoms with Gasteiger partial charge < -0.3 is 20.5 Å². The van der Waals surface area contributed by atoms with Gasteiger partial charge in [0.25, 0.3) is 0 Å². The quantitative estimate of drug-likeness (QED) is 0.668. The highest BCUT2D eigenvalue weighted by atomic mass is 16.5. The summed E-state index contributed by atoms with van der Waals surface area (Å²) in [6.45, 7) is 5.89. The van der Waals surface area contributed by atoms with Gasteiger partial charge in [-0.05, 0) is 31.8 Å². The Morgan fingerprint density at radius 3 is 2.60 bits per heavy atom. The molecule has 2 aliphatic heterocycles. The van der Waals surface area contributed by atoms with E-state index in [-0.39, 0.29) is 12.1 Å². The van der Waals surface area contributed by atoms with Crippen molar-refractivity contribution < 1.29 is 9.84 Å². The van der Waals surface area contributed by atoms with Gasteiger partial charge in [-0.25, -0.2) is 0 Å². The minimum Gasteiger partial charge on any atom is -0.389 e. The highest BCUT2D eigenvalue weighted by Gasteiger charge is 2.34. The molecule has 0 saturated carbocycles. The molecule has 0 aromatic rings. The second-order valence-electron chi connectivity index (χ2n) is 5.01. The third-order valence-electron chi connectivity index (χ3n) is 3.64. The number of nitrogens with zero attached hydrogens (tertiary/aromatic N) is 1. The molecule has 0 radical (unpaired) electrons. The first-order valence-electron chi connectivity index (χ1n) is 5.94. The summed E-state index contributed by atoms with van der Waals surface area (Å²) in [5, 5.41) is 9.76. The normalized spacial score (nSPS) is 39.8. The van der Waals surface area contributed by atoms with Gasteiger partial charge in [-0.1, -0.05) is 6.92 Å². The maximum Gasteiger partial charge on any atom is 0.0987 e. The van der Waals surface area contributed by atoms with Crippen LogP contribution in [0.3, 0.4) is 0 Å². The zero-order valence-corrected chi connectivity index (χ0v) is 9.43. The Labute approximate surface area is 91.4 Å². The standard InChI is InChI=1S/C11H22N2O2/c1-8-2-4-13(5-3-8)6-10-11(14)9(12)7-15-10/h8-11,14H,2-7,12H2,1H3/t9-,10-,11+/m0/s1. The highest BCUT2D eigenvalue weighted by molar-refractivity contribution is 4.88. The molecule has 4 nitrogen and oxygen atoms in total. The lowest BCUT2D eigenvalue weighted by Crippen LogP contribution is -2.44. The van der Waals surface area contributed by atoms with Gasteiger partial charge in [0.1, 0.15) is 0 Å². The molecule has 15 heavy (non-hydrogen) atoms. The Morgan fingerprint density at radius 2 is 2.07 bits per heavy atom. The fraction of sp³-hybridized carbons (Fsp3) is 1.00. The van der Waals surface area contributed by atoms with E-state index in [1.807, 2.05) is 0 Å². The summed E-state index contributed by atoms with van der Waals surface area (Å²) in [6.07, 6.45) is 1.96. The summed E-state index contributed by atoms with van der Waals surface area (Å²) in [6, 6.07) is -0.196. The summed E-state index contributed by atoms with van der Waals surface area (Å²) >= 11 is 0. The number of nitrogens with two attached hydrogens (primary N) is 1. The van der Waals surface area contributed by atoms with Crippen LogP contribution in [0, 0.1) is 5.92 Å². The van der Waals surface area contributed by atoms with Crippen molar-refractivity contribution in [1.29, 1.82) is 0 Å². The minimum atomic E-state index is -0.482. The molecule has 0 aliphatic carbocycles. The molecule has 2 saturated heterocycles. The number of aliphatic hydroxyl groups is 1. The highest BCUT2D eigenvalue weighted by Crippen LogP contribution is 2.19. The van der Waals surface area contributed by atoms with E-state index in [0.717, 1.165) is 25.6 Å². The van der Waals surface area contributed by atoms with E-state index in [2.05, 4.69) is 11.8 Å². The predicted octanol–water partition coefficient (Wildman–Crippen LogP) is -0.195. The first-order chi connectivity index (χ1) is 7.16. The van der Waals surface area contributed by atoms with Crippen molar-refractivity contribution in [2.45, 2.75) is 38.0 Å². The molecule has 0 bridgehead atoms. The van der Waals surface area contributed by atoms with Crippen LogP contribution in [0.25, 0.3) is 0 Å². The van der Waals surface area contributed by atoms with Gasteiger partial charge in [0.2, 0.25) is 0 Å². The van der Waals surface area contributed by atoms with Gasteiger partial charge in [0, 0.05) is 6.54 Å². The molecule has 2 fully saturated rings. The molecule has 2 heterocycles. The van der Waals surface area contributed by atoms with Gasteiger partial charge in [0.15, 0.2) is 0 Å². The van der Waals surface area contributed by atoms with Crippen LogP contribution in [0.4, 0.5) is 0 Å². The topological polar surface area (TPSA) is 58.7 Å². The number of piperidine rings is 1. The van der Waals surface area contributed by atoms with Crippen LogP contribution in [-0.4, -0.2) is 54.5 Å². The van der Waals surface area contributed by atoms with Crippen LogP contribution < -0.4 is 5.73 Å². The van der Waals surface area contributed by atoms with E-state index in [0.29, 0.717) is 6.61 Å². The fourth-order valence-electron chi connectivity index (χ4n) is 2.37. The summed E-state index contributed by atoms with van der Waals surface area (Å²) in [4.78, 5) is 2.38. The Morgan fingerprint density at radius 1 is 1.40 bits per heavy atom. The monoisotopic (exact) mass is 214 g/mol. The molecule has 3 atom stereocenters. The van der Waals surface area contributed by atoms with Crippen molar-refractivity contribution in [3.63, 3.8) is 0 Å². The fourth-order valence-corrected chi connectivity index (χ4v) is 2.37. The first-order valence-corrected chi connectivity index (χ1v) is 5.94. The zero-order chi connectivity index (χ0) is 10.8. The van der Waals surface area contributed by atoms with Crippen molar-refractivity contribution in [2.75, 3.05) is 26.2 Å². The van der Waals surface area contributed by atoms with E-state index >= 15 is 0 Å². The molecule has 2 aliphatic rings. The van der Waals surface area contributed by atoms with Gasteiger partial charge in [-0.15, -0.1) is 0 Å². The van der Waals surface area contributed by atoms with Gasteiger partial charge in [-0.3, -0.25) is 0 Å². The van der Waals surface area contributed by atoms with Crippen LogP contribution in [0.2, 0.25) is 0 Å². The second-order valence-corrected chi connectivity index (χ2v) is 5.01. The molecule has 4 heteroatoms. The van der Waals surface area contributed by atoms with Crippen LogP contribution >= 0.6 is 0 Å². The lowest BCUT2D eigenvalue weighted by atomic mass is 9.98. The van der Waals surface area contributed by atoms with Crippen LogP contribution in [0.1, 0.15) is 19.8 Å². The van der Waals surface area contributed by atoms with Crippen LogP contribution in [-0.2, 0) is 4.74 Å². The summed E-state index contributed by atoms with van der Waals surface area (Å²) in [5.74, 6) is 0.845. The zero-order valence-electron chi connectivity index (χ0n) is 9.43. The lowest BCUT2D eigenvalue weighted by Gasteiger charge is -2.32. The average Bonchev–Trinajstić information content (AvgIpc) is 2.53. The number of hydrogen-bond acceptors (Lipinski definition) is 4. The molecule has 0 amide bonds. The van der Waals surface area contributed by atoms with Gasteiger partial charge in [0.05, 0.1) is 24.9 Å². The summed E-state index contributed by atoms with van der Waals surface area (Å²) in [5.41, 5.74) is 5.70. The molecule has 0 aromatic carbocycles. The SMILES string of the molecule is CC1CCN(C[C@@H]2OC[C@H](N)[C@H]2O)CC1. The van der Waals surface area contributed by atoms with Crippen LogP contribution in [0.15, 0.2) is 0 Å². The van der Waals surface area contributed by atoms with Crippen molar-refractivity contribution >= 4 is 0 Å². The smallest absolute Gasteiger partial charge is 0.0987 e. The number of likely N-dealkylation sites (tertiary alicyclic amines) is 1. The van der Waals surface area contributed by atoms with Gasteiger partial charge >= 0.3 is 0 Å². The third-order valence-corrected chi connectivity index (χ3v) is 3.64. The van der Waals surface area contributed by atoms with Gasteiger partial charge in [-0.2, -0.15) is 0 Å². The Hall–Kier alpha value is -0.160. The van der Waals surface area contributed by atoms with E-state index < -0.39 is 6.10 Å². The Bertz CT molecular complexity index is 205.